The van der Waals surface area contributed by atoms with Gasteiger partial charge in [0.25, 0.3) is 5.56 Å². The van der Waals surface area contributed by atoms with Gasteiger partial charge < -0.3 is 30.0 Å². The number of nitrogens with two attached hydrogens (primary N) is 1. The average Bonchev–Trinajstić information content (AvgIpc) is 3.15. The minimum Gasteiger partial charge on any atom is -0.369 e. The van der Waals surface area contributed by atoms with Gasteiger partial charge in [-0.15, -0.1) is 0 Å². The molecule has 2 aromatic rings. The van der Waals surface area contributed by atoms with E-state index >= 15 is 0 Å². The fourth-order valence-electron chi connectivity index (χ4n) is 2.65. The van der Waals surface area contributed by atoms with Crippen LogP contribution in [0.25, 0.3) is 11.2 Å². The number of fused-ring (bicyclic) bond motifs is 1. The first-order valence-electron chi connectivity index (χ1n) is 7.91. The summed E-state index contributed by atoms with van der Waals surface area (Å²) in [5.74, 6) is -0.128. The topological polar surface area (TPSA) is 259 Å². The Morgan fingerprint density at radius 1 is 1.20 bits per heavy atom. The number of nitrogens with zero attached hydrogens (tertiary/aromatic N) is 3. The molecular weight excluding hydrogens is 475 g/mol. The molecule has 20 heteroatoms. The lowest BCUT2D eigenvalue weighted by Gasteiger charge is -2.18. The largest absolute Gasteiger partial charge is 0.490 e. The number of nitrogens with one attached hydrogen (secondary N) is 1. The van der Waals surface area contributed by atoms with Crippen LogP contribution in [0.5, 0.6) is 0 Å². The van der Waals surface area contributed by atoms with E-state index in [0.29, 0.717) is 12.8 Å². The maximum atomic E-state index is 11.8. The standard InChI is InChI=1S/C10H16N5O12P3/c11-10-13-8-7(9(16)14-10)12-4-15(8)6-2-1-5(25-6)3-24-29(20,21)27-30(22,23)26-28(17,18)19/h4-6H,1-3H2,(H,20,21)(H,22,23)(H2,17,18,19)(H3,11,13,14,16)/t5-,6-/m1/s1. The molecule has 0 saturated carbocycles. The van der Waals surface area contributed by atoms with E-state index in [1.165, 1.54) is 10.9 Å². The predicted octanol–water partition coefficient (Wildman–Crippen LogP) is -0.277. The van der Waals surface area contributed by atoms with Gasteiger partial charge in [-0.2, -0.15) is 13.6 Å². The molecule has 0 spiro atoms. The van der Waals surface area contributed by atoms with Gasteiger partial charge in [0.1, 0.15) is 6.23 Å². The number of hydrogen-bond donors (Lipinski definition) is 6. The first kappa shape index (κ1) is 23.2. The number of nitrogen functional groups attached to an aromatic ring is 1. The SMILES string of the molecule is Nc1nc2c(ncn2[C@H]2CC[C@H](COP(=O)(O)OP(=O)(O)OP(=O)(O)O)O2)c(=O)[nH]1. The Morgan fingerprint density at radius 2 is 1.90 bits per heavy atom. The number of aromatic nitrogens is 4. The smallest absolute Gasteiger partial charge is 0.369 e. The van der Waals surface area contributed by atoms with E-state index in [0.717, 1.165) is 0 Å². The number of rotatable bonds is 8. The number of phosphoric acid groups is 3. The fourth-order valence-corrected chi connectivity index (χ4v) is 5.70. The van der Waals surface area contributed by atoms with Crippen molar-refractivity contribution in [2.24, 2.45) is 0 Å². The lowest BCUT2D eigenvalue weighted by Crippen LogP contribution is -2.17. The van der Waals surface area contributed by atoms with Gasteiger partial charge in [-0.25, -0.2) is 18.7 Å². The van der Waals surface area contributed by atoms with E-state index in [1.807, 2.05) is 0 Å². The highest BCUT2D eigenvalue weighted by molar-refractivity contribution is 7.66. The summed E-state index contributed by atoms with van der Waals surface area (Å²) in [6.45, 7) is -0.580. The molecule has 0 bridgehead atoms. The van der Waals surface area contributed by atoms with E-state index in [4.69, 9.17) is 25.2 Å². The van der Waals surface area contributed by atoms with E-state index < -0.39 is 48.0 Å². The van der Waals surface area contributed by atoms with E-state index in [2.05, 4.69) is 28.1 Å². The van der Waals surface area contributed by atoms with Crippen molar-refractivity contribution >= 4 is 40.6 Å². The third-order valence-electron chi connectivity index (χ3n) is 3.69. The highest BCUT2D eigenvalue weighted by atomic mass is 31.3. The summed E-state index contributed by atoms with van der Waals surface area (Å²) in [5.41, 5.74) is 5.17. The van der Waals surface area contributed by atoms with Crippen molar-refractivity contribution in [3.63, 3.8) is 0 Å². The molecule has 3 heterocycles. The Morgan fingerprint density at radius 3 is 2.57 bits per heavy atom. The number of phosphoric ester groups is 1. The molecule has 1 fully saturated rings. The van der Waals surface area contributed by atoms with Crippen LogP contribution in [0.1, 0.15) is 19.1 Å². The van der Waals surface area contributed by atoms with Crippen molar-refractivity contribution in [1.82, 2.24) is 19.5 Å². The third-order valence-corrected chi connectivity index (χ3v) is 7.49. The second kappa shape index (κ2) is 8.22. The number of hydrogen-bond acceptors (Lipinski definition) is 11. The molecule has 0 aliphatic carbocycles. The minimum absolute atomic E-state index is 0.0320. The van der Waals surface area contributed by atoms with Crippen LogP contribution in [0.4, 0.5) is 5.95 Å². The number of imidazole rings is 1. The highest BCUT2D eigenvalue weighted by Gasteiger charge is 2.41. The van der Waals surface area contributed by atoms with Crippen LogP contribution in [0, 0.1) is 0 Å². The van der Waals surface area contributed by atoms with E-state index in [-0.39, 0.29) is 17.1 Å². The molecule has 2 unspecified atom stereocenters. The van der Waals surface area contributed by atoms with Crippen molar-refractivity contribution in [3.8, 4) is 0 Å². The number of aromatic amines is 1. The summed E-state index contributed by atoms with van der Waals surface area (Å²) in [7, 11) is -16.3. The molecule has 0 amide bonds. The number of anilines is 1. The maximum Gasteiger partial charge on any atom is 0.490 e. The van der Waals surface area contributed by atoms with Crippen LogP contribution < -0.4 is 11.3 Å². The Kier molecular flexibility index (Phi) is 6.35. The molecule has 17 nitrogen and oxygen atoms in total. The normalized spacial score (nSPS) is 24.0. The monoisotopic (exact) mass is 491 g/mol. The summed E-state index contributed by atoms with van der Waals surface area (Å²) in [6.07, 6.45) is 0.528. The van der Waals surface area contributed by atoms with Crippen LogP contribution in [-0.4, -0.2) is 51.8 Å². The average molecular weight is 491 g/mol. The van der Waals surface area contributed by atoms with Gasteiger partial charge in [-0.1, -0.05) is 0 Å². The third kappa shape index (κ3) is 5.81. The fraction of sp³-hybridized carbons (Fsp3) is 0.500. The van der Waals surface area contributed by atoms with Crippen molar-refractivity contribution in [1.29, 1.82) is 0 Å². The van der Waals surface area contributed by atoms with Crippen molar-refractivity contribution in [2.45, 2.75) is 25.2 Å². The first-order valence-corrected chi connectivity index (χ1v) is 12.4. The summed E-state index contributed by atoms with van der Waals surface area (Å²) in [4.78, 5) is 57.6. The first-order chi connectivity index (χ1) is 13.7. The quantitative estimate of drug-likeness (QED) is 0.260. The van der Waals surface area contributed by atoms with Gasteiger partial charge in [0, 0.05) is 0 Å². The van der Waals surface area contributed by atoms with Gasteiger partial charge >= 0.3 is 23.5 Å². The number of H-pyrrole nitrogens is 1. The maximum absolute atomic E-state index is 11.8. The Hall–Kier alpha value is -1.48. The molecule has 1 saturated heterocycles. The second-order valence-corrected chi connectivity index (χ2v) is 10.4. The Labute approximate surface area is 166 Å². The molecule has 4 atom stereocenters. The van der Waals surface area contributed by atoms with Crippen molar-refractivity contribution in [2.75, 3.05) is 12.3 Å². The second-order valence-electron chi connectivity index (χ2n) is 5.95. The predicted molar refractivity (Wildman–Crippen MR) is 95.5 cm³/mol. The van der Waals surface area contributed by atoms with Gasteiger partial charge in [-0.05, 0) is 12.8 Å². The molecule has 1 aliphatic heterocycles. The van der Waals surface area contributed by atoms with Gasteiger partial charge in [0.15, 0.2) is 11.2 Å². The van der Waals surface area contributed by atoms with Crippen LogP contribution in [-0.2, 0) is 31.6 Å². The zero-order valence-electron chi connectivity index (χ0n) is 14.7. The zero-order chi connectivity index (χ0) is 22.3. The van der Waals surface area contributed by atoms with Gasteiger partial charge in [0.05, 0.1) is 19.0 Å². The van der Waals surface area contributed by atoms with Crippen molar-refractivity contribution in [3.05, 3.63) is 16.7 Å². The summed E-state index contributed by atoms with van der Waals surface area (Å²) in [5, 5.41) is 0. The van der Waals surface area contributed by atoms with Crippen LogP contribution >= 0.6 is 23.5 Å². The van der Waals surface area contributed by atoms with Crippen LogP contribution in [0.2, 0.25) is 0 Å². The Bertz CT molecular complexity index is 1140. The molecule has 30 heavy (non-hydrogen) atoms. The van der Waals surface area contributed by atoms with Gasteiger partial charge in [0.2, 0.25) is 5.95 Å². The lowest BCUT2D eigenvalue weighted by molar-refractivity contribution is -0.0205. The van der Waals surface area contributed by atoms with Gasteiger partial charge in [-0.3, -0.25) is 18.9 Å². The molecule has 168 valence electrons. The number of ether oxygens (including phenoxy) is 1. The lowest BCUT2D eigenvalue weighted by atomic mass is 10.2. The molecule has 2 aromatic heterocycles. The van der Waals surface area contributed by atoms with Crippen molar-refractivity contribution < 1.29 is 51.2 Å². The molecular formula is C10H16N5O12P3. The Balaban J connectivity index is 1.62. The summed E-state index contributed by atoms with van der Waals surface area (Å²) in [6, 6.07) is 0. The van der Waals surface area contributed by atoms with Crippen LogP contribution in [0.15, 0.2) is 11.1 Å². The zero-order valence-corrected chi connectivity index (χ0v) is 17.4. The van der Waals surface area contributed by atoms with Crippen LogP contribution in [0.3, 0.4) is 0 Å². The molecule has 0 radical (unpaired) electrons. The summed E-state index contributed by atoms with van der Waals surface area (Å²) >= 11 is 0. The van der Waals surface area contributed by atoms with E-state index in [9.17, 15) is 23.4 Å². The minimum atomic E-state index is -5.59. The molecule has 3 rings (SSSR count). The molecule has 0 aromatic carbocycles. The molecule has 1 aliphatic rings. The summed E-state index contributed by atoms with van der Waals surface area (Å²) < 4.78 is 52.5. The highest BCUT2D eigenvalue weighted by Crippen LogP contribution is 2.66. The van der Waals surface area contributed by atoms with E-state index in [1.54, 1.807) is 0 Å². The molecule has 7 N–H and O–H groups in total.